The highest BCUT2D eigenvalue weighted by atomic mass is 28.3. The normalized spacial score (nSPS) is 12.2. The molecule has 0 aromatic carbocycles. The van der Waals surface area contributed by atoms with Gasteiger partial charge in [0.1, 0.15) is 30.0 Å². The number of aromatic nitrogens is 5. The molecule has 0 atom stereocenters. The molecule has 3 heterocycles. The van der Waals surface area contributed by atoms with E-state index < -0.39 is 19.8 Å². The second-order valence-corrected chi connectivity index (χ2v) is 16.0. The van der Waals surface area contributed by atoms with Crippen molar-refractivity contribution in [3.63, 3.8) is 0 Å². The van der Waals surface area contributed by atoms with Gasteiger partial charge in [-0.25, -0.2) is 4.98 Å². The van der Waals surface area contributed by atoms with Crippen molar-refractivity contribution in [2.24, 2.45) is 5.41 Å². The van der Waals surface area contributed by atoms with E-state index in [9.17, 15) is 4.79 Å². The summed E-state index contributed by atoms with van der Waals surface area (Å²) in [5.41, 5.74) is 2.16. The highest BCUT2D eigenvalue weighted by Gasteiger charge is 2.39. The average molecular weight is 612 g/mol. The Balaban J connectivity index is 1.74. The third-order valence-corrected chi connectivity index (χ3v) is 8.49. The zero-order chi connectivity index (χ0) is 31.8. The zero-order valence-electron chi connectivity index (χ0n) is 27.6. The van der Waals surface area contributed by atoms with E-state index in [2.05, 4.69) is 33.1 Å². The standard InChI is InChI=1S/C32H49N5O5Si/c1-11-32(12-2,29(38)42-31(6,7)8)20-40-27-17-23(5)25(19-34-27)24-13-14-26(33-18-24)28-35-30(41-22(3)4)37(36-28)21-39-15-16-43(9)10/h13-14,17-19,22,43H,11-12,15-16,20-21H2,1-10H3. The lowest BCUT2D eigenvalue weighted by Crippen LogP contribution is -2.41. The smallest absolute Gasteiger partial charge is 0.317 e. The molecule has 0 saturated heterocycles. The van der Waals surface area contributed by atoms with E-state index in [0.29, 0.717) is 42.9 Å². The van der Waals surface area contributed by atoms with Crippen LogP contribution in [0.2, 0.25) is 19.1 Å². The molecule has 0 N–H and O–H groups in total. The first-order valence-electron chi connectivity index (χ1n) is 15.3. The molecule has 0 bridgehead atoms. The molecule has 0 amide bonds. The molecular formula is C32H49N5O5Si. The first kappa shape index (κ1) is 34.2. The van der Waals surface area contributed by atoms with Gasteiger partial charge >= 0.3 is 12.0 Å². The minimum absolute atomic E-state index is 0.0469. The van der Waals surface area contributed by atoms with Crippen molar-refractivity contribution in [2.45, 2.75) is 106 Å². The minimum Gasteiger partial charge on any atom is -0.476 e. The van der Waals surface area contributed by atoms with E-state index in [1.54, 1.807) is 17.1 Å². The number of carbonyl (C=O) groups is 1. The first-order valence-corrected chi connectivity index (χ1v) is 18.4. The van der Waals surface area contributed by atoms with Crippen molar-refractivity contribution in [3.05, 3.63) is 36.2 Å². The molecule has 3 aromatic rings. The summed E-state index contributed by atoms with van der Waals surface area (Å²) in [5.74, 6) is 0.695. The number of rotatable bonds is 15. The molecule has 0 spiro atoms. The Morgan fingerprint density at radius 3 is 2.35 bits per heavy atom. The summed E-state index contributed by atoms with van der Waals surface area (Å²) in [4.78, 5) is 26.8. The fraction of sp³-hybridized carbons (Fsp3) is 0.594. The maximum atomic E-state index is 13.0. The lowest BCUT2D eigenvalue weighted by atomic mass is 9.83. The predicted octanol–water partition coefficient (Wildman–Crippen LogP) is 6.49. The van der Waals surface area contributed by atoms with Gasteiger partial charge < -0.3 is 18.9 Å². The van der Waals surface area contributed by atoms with Crippen molar-refractivity contribution in [1.82, 2.24) is 24.7 Å². The van der Waals surface area contributed by atoms with E-state index >= 15 is 0 Å². The van der Waals surface area contributed by atoms with Crippen LogP contribution >= 0.6 is 0 Å². The Labute approximate surface area is 258 Å². The Hall–Kier alpha value is -3.31. The maximum Gasteiger partial charge on any atom is 0.317 e. The number of hydrogen-bond acceptors (Lipinski definition) is 9. The fourth-order valence-corrected chi connectivity index (χ4v) is 4.92. The van der Waals surface area contributed by atoms with E-state index in [0.717, 1.165) is 22.7 Å². The van der Waals surface area contributed by atoms with Gasteiger partial charge in [-0.05, 0) is 72.1 Å². The van der Waals surface area contributed by atoms with E-state index in [1.807, 2.05) is 73.6 Å². The quantitative estimate of drug-likeness (QED) is 0.108. The summed E-state index contributed by atoms with van der Waals surface area (Å²) in [6.07, 6.45) is 4.73. The van der Waals surface area contributed by atoms with Crippen LogP contribution in [0, 0.1) is 12.3 Å². The van der Waals surface area contributed by atoms with Crippen molar-refractivity contribution in [3.8, 4) is 34.5 Å². The highest BCUT2D eigenvalue weighted by molar-refractivity contribution is 6.55. The van der Waals surface area contributed by atoms with Crippen LogP contribution < -0.4 is 9.47 Å². The molecule has 0 aliphatic carbocycles. The van der Waals surface area contributed by atoms with Gasteiger partial charge in [0.2, 0.25) is 11.7 Å². The molecule has 3 aromatic heterocycles. The highest BCUT2D eigenvalue weighted by Crippen LogP contribution is 2.32. The fourth-order valence-electron chi connectivity index (χ4n) is 4.29. The van der Waals surface area contributed by atoms with E-state index in [1.165, 1.54) is 0 Å². The summed E-state index contributed by atoms with van der Waals surface area (Å²) >= 11 is 0. The van der Waals surface area contributed by atoms with Gasteiger partial charge in [-0.15, -0.1) is 5.10 Å². The largest absolute Gasteiger partial charge is 0.476 e. The molecule has 0 saturated carbocycles. The predicted molar refractivity (Wildman–Crippen MR) is 171 cm³/mol. The van der Waals surface area contributed by atoms with Crippen LogP contribution in [0.1, 0.15) is 66.9 Å². The van der Waals surface area contributed by atoms with Crippen LogP contribution in [0.5, 0.6) is 11.9 Å². The average Bonchev–Trinajstić information content (AvgIpc) is 3.33. The number of hydrogen-bond donors (Lipinski definition) is 0. The molecule has 0 aliphatic rings. The van der Waals surface area contributed by atoms with Crippen LogP contribution in [0.4, 0.5) is 0 Å². The number of aryl methyl sites for hydroxylation is 1. The number of ether oxygens (including phenoxy) is 4. The molecule has 0 aliphatic heterocycles. The van der Waals surface area contributed by atoms with Gasteiger partial charge in [0, 0.05) is 45.0 Å². The van der Waals surface area contributed by atoms with Crippen LogP contribution in [-0.2, 0) is 21.0 Å². The van der Waals surface area contributed by atoms with Gasteiger partial charge in [-0.2, -0.15) is 9.67 Å². The number of esters is 1. The zero-order valence-corrected chi connectivity index (χ0v) is 28.7. The lowest BCUT2D eigenvalue weighted by Gasteiger charge is -2.32. The number of pyridine rings is 2. The third kappa shape index (κ3) is 9.59. The number of nitrogens with zero attached hydrogens (tertiary/aromatic N) is 5. The summed E-state index contributed by atoms with van der Waals surface area (Å²) in [6.45, 7) is 21.3. The van der Waals surface area contributed by atoms with Gasteiger partial charge in [0.05, 0.1) is 6.10 Å². The monoisotopic (exact) mass is 611 g/mol. The third-order valence-electron chi connectivity index (χ3n) is 7.10. The van der Waals surface area contributed by atoms with Gasteiger partial charge in [-0.3, -0.25) is 9.78 Å². The molecule has 11 heteroatoms. The van der Waals surface area contributed by atoms with Crippen LogP contribution in [0.15, 0.2) is 30.6 Å². The van der Waals surface area contributed by atoms with Crippen molar-refractivity contribution >= 4 is 14.8 Å². The summed E-state index contributed by atoms with van der Waals surface area (Å²) in [7, 11) is -0.678. The van der Waals surface area contributed by atoms with Crippen LogP contribution in [0.25, 0.3) is 22.6 Å². The molecule has 3 rings (SSSR count). The van der Waals surface area contributed by atoms with Crippen molar-refractivity contribution in [2.75, 3.05) is 13.2 Å². The Bertz CT molecular complexity index is 1330. The molecule has 43 heavy (non-hydrogen) atoms. The molecule has 0 radical (unpaired) electrons. The van der Waals surface area contributed by atoms with E-state index in [4.69, 9.17) is 18.9 Å². The second kappa shape index (κ2) is 14.9. The summed E-state index contributed by atoms with van der Waals surface area (Å²) < 4.78 is 25.1. The van der Waals surface area contributed by atoms with Gasteiger partial charge in [0.15, 0.2) is 0 Å². The maximum absolute atomic E-state index is 13.0. The summed E-state index contributed by atoms with van der Waals surface area (Å²) in [6, 6.07) is 7.27. The van der Waals surface area contributed by atoms with E-state index in [-0.39, 0.29) is 25.4 Å². The van der Waals surface area contributed by atoms with Crippen molar-refractivity contribution < 1.29 is 23.7 Å². The minimum atomic E-state index is -0.732. The topological polar surface area (TPSA) is 110 Å². The van der Waals surface area contributed by atoms with Crippen LogP contribution in [0.3, 0.4) is 0 Å². The van der Waals surface area contributed by atoms with Crippen LogP contribution in [-0.4, -0.2) is 64.4 Å². The SMILES string of the molecule is CCC(CC)(COc1cc(C)c(-c2ccc(-c3nc(OC(C)C)n(COCC[SiH](C)C)n3)nc2)cn1)C(=O)OC(C)(C)C. The molecule has 0 unspecified atom stereocenters. The van der Waals surface area contributed by atoms with Gasteiger partial charge in [-0.1, -0.05) is 33.0 Å². The molecule has 236 valence electrons. The lowest BCUT2D eigenvalue weighted by molar-refractivity contribution is -0.170. The summed E-state index contributed by atoms with van der Waals surface area (Å²) in [5, 5.41) is 4.61. The Kier molecular flexibility index (Phi) is 11.9. The molecule has 10 nitrogen and oxygen atoms in total. The Morgan fingerprint density at radius 2 is 1.79 bits per heavy atom. The second-order valence-electron chi connectivity index (χ2n) is 12.7. The molecule has 0 fully saturated rings. The van der Waals surface area contributed by atoms with Gasteiger partial charge in [0.25, 0.3) is 0 Å². The number of carbonyl (C=O) groups excluding carboxylic acids is 1. The first-order chi connectivity index (χ1) is 20.3. The Morgan fingerprint density at radius 1 is 1.07 bits per heavy atom. The van der Waals surface area contributed by atoms with Crippen molar-refractivity contribution in [1.29, 1.82) is 0 Å². The molecular weight excluding hydrogens is 562 g/mol.